The molecule has 1 aliphatic rings. The van der Waals surface area contributed by atoms with Gasteiger partial charge in [-0.1, -0.05) is 26.8 Å². The highest BCUT2D eigenvalue weighted by Crippen LogP contribution is 2.18. The quantitative estimate of drug-likeness (QED) is 0.484. The van der Waals surface area contributed by atoms with Gasteiger partial charge in [0.1, 0.15) is 0 Å². The Kier molecular flexibility index (Phi) is 1.62. The van der Waals surface area contributed by atoms with E-state index in [1.807, 2.05) is 0 Å². The van der Waals surface area contributed by atoms with Crippen molar-refractivity contribution in [2.24, 2.45) is 5.41 Å². The lowest BCUT2D eigenvalue weighted by atomic mass is 9.92. The van der Waals surface area contributed by atoms with Crippen LogP contribution in [0.4, 0.5) is 0 Å². The maximum atomic E-state index is 3.22. The Bertz CT molecular complexity index is 122. The molecule has 1 N–H and O–H groups in total. The molecular weight excluding hydrogens is 110 g/mol. The molecule has 0 atom stereocenters. The Balaban J connectivity index is 2.46. The van der Waals surface area contributed by atoms with Crippen molar-refractivity contribution in [1.82, 2.24) is 5.32 Å². The Morgan fingerprint density at radius 1 is 1.33 bits per heavy atom. The number of hydrogen-bond acceptors (Lipinski definition) is 1. The highest BCUT2D eigenvalue weighted by molar-refractivity contribution is 5.16. The van der Waals surface area contributed by atoms with E-state index in [2.05, 4.69) is 32.2 Å². The molecule has 1 nitrogen and oxygen atoms in total. The van der Waals surface area contributed by atoms with Crippen molar-refractivity contribution in [1.29, 1.82) is 0 Å². The van der Waals surface area contributed by atoms with E-state index in [4.69, 9.17) is 0 Å². The van der Waals surface area contributed by atoms with Crippen LogP contribution >= 0.6 is 0 Å². The van der Waals surface area contributed by atoms with Gasteiger partial charge in [0.25, 0.3) is 0 Å². The fourth-order valence-corrected chi connectivity index (χ4v) is 0.984. The second kappa shape index (κ2) is 2.14. The van der Waals surface area contributed by atoms with E-state index >= 15 is 0 Å². The molecule has 52 valence electrons. The third kappa shape index (κ3) is 2.19. The third-order valence-corrected chi connectivity index (χ3v) is 1.34. The lowest BCUT2D eigenvalue weighted by Gasteiger charge is -2.23. The van der Waals surface area contributed by atoms with Gasteiger partial charge in [0, 0.05) is 13.1 Å². The largest absolute Gasteiger partial charge is 0.309 e. The van der Waals surface area contributed by atoms with Crippen molar-refractivity contribution in [3.05, 3.63) is 11.6 Å². The van der Waals surface area contributed by atoms with Crippen LogP contribution in [0.15, 0.2) is 11.6 Å². The molecule has 0 unspecified atom stereocenters. The van der Waals surface area contributed by atoms with Crippen LogP contribution < -0.4 is 5.32 Å². The average molecular weight is 125 g/mol. The van der Waals surface area contributed by atoms with Gasteiger partial charge in [-0.25, -0.2) is 0 Å². The Morgan fingerprint density at radius 2 is 1.89 bits per heavy atom. The molecule has 0 aromatic rings. The zero-order valence-electron chi connectivity index (χ0n) is 6.49. The van der Waals surface area contributed by atoms with Crippen molar-refractivity contribution in [2.75, 3.05) is 13.1 Å². The summed E-state index contributed by atoms with van der Waals surface area (Å²) in [6.45, 7) is 8.92. The van der Waals surface area contributed by atoms with Crippen LogP contribution in [-0.4, -0.2) is 13.1 Å². The van der Waals surface area contributed by atoms with E-state index in [1.165, 1.54) is 0 Å². The zero-order chi connectivity index (χ0) is 6.91. The van der Waals surface area contributed by atoms with Gasteiger partial charge in [0.2, 0.25) is 0 Å². The summed E-state index contributed by atoms with van der Waals surface area (Å²) in [5.41, 5.74) is 1.93. The summed E-state index contributed by atoms with van der Waals surface area (Å²) in [6, 6.07) is 0. The molecule has 0 aromatic carbocycles. The topological polar surface area (TPSA) is 12.0 Å². The van der Waals surface area contributed by atoms with E-state index in [0.29, 0.717) is 5.41 Å². The summed E-state index contributed by atoms with van der Waals surface area (Å²) in [4.78, 5) is 0. The summed E-state index contributed by atoms with van der Waals surface area (Å²) >= 11 is 0. The molecule has 1 rings (SSSR count). The number of allylic oxidation sites excluding steroid dienone is 1. The molecular formula is C8H15N. The van der Waals surface area contributed by atoms with Crippen molar-refractivity contribution >= 4 is 0 Å². The first-order valence-corrected chi connectivity index (χ1v) is 3.49. The highest BCUT2D eigenvalue weighted by atomic mass is 14.9. The summed E-state index contributed by atoms with van der Waals surface area (Å²) in [6.07, 6.45) is 2.35. The van der Waals surface area contributed by atoms with E-state index in [1.54, 1.807) is 5.57 Å². The van der Waals surface area contributed by atoms with Gasteiger partial charge < -0.3 is 5.32 Å². The standard InChI is InChI=1S/C8H15N/c1-8(2,3)4-7-5-9-6-7/h4,9H,5-6H2,1-3H3. The van der Waals surface area contributed by atoms with Gasteiger partial charge in [-0.15, -0.1) is 0 Å². The maximum Gasteiger partial charge on any atom is 0.0180 e. The molecule has 0 aliphatic carbocycles. The molecule has 1 heteroatoms. The molecule has 1 heterocycles. The number of rotatable bonds is 0. The molecule has 0 aromatic heterocycles. The van der Waals surface area contributed by atoms with Crippen LogP contribution in [0.1, 0.15) is 20.8 Å². The van der Waals surface area contributed by atoms with E-state index < -0.39 is 0 Å². The monoisotopic (exact) mass is 125 g/mol. The molecule has 1 aliphatic heterocycles. The molecule has 9 heavy (non-hydrogen) atoms. The van der Waals surface area contributed by atoms with Crippen molar-refractivity contribution < 1.29 is 0 Å². The number of nitrogens with one attached hydrogen (secondary N) is 1. The lowest BCUT2D eigenvalue weighted by molar-refractivity contribution is 0.522. The normalized spacial score (nSPS) is 19.2. The van der Waals surface area contributed by atoms with Gasteiger partial charge >= 0.3 is 0 Å². The fourth-order valence-electron chi connectivity index (χ4n) is 0.984. The van der Waals surface area contributed by atoms with Gasteiger partial charge in [0.05, 0.1) is 0 Å². The molecule has 0 radical (unpaired) electrons. The molecule has 0 amide bonds. The van der Waals surface area contributed by atoms with Crippen LogP contribution in [0, 0.1) is 5.41 Å². The van der Waals surface area contributed by atoms with Crippen LogP contribution in [0.2, 0.25) is 0 Å². The zero-order valence-corrected chi connectivity index (χ0v) is 6.49. The van der Waals surface area contributed by atoms with Crippen molar-refractivity contribution in [2.45, 2.75) is 20.8 Å². The maximum absolute atomic E-state index is 3.22. The van der Waals surface area contributed by atoms with Crippen molar-refractivity contribution in [3.63, 3.8) is 0 Å². The third-order valence-electron chi connectivity index (χ3n) is 1.34. The first-order valence-electron chi connectivity index (χ1n) is 3.49. The van der Waals surface area contributed by atoms with Crippen LogP contribution in [-0.2, 0) is 0 Å². The molecule has 0 spiro atoms. The minimum atomic E-state index is 0.372. The second-order valence-corrected chi connectivity index (χ2v) is 3.77. The van der Waals surface area contributed by atoms with E-state index in [9.17, 15) is 0 Å². The Labute approximate surface area is 57.1 Å². The second-order valence-electron chi connectivity index (χ2n) is 3.77. The Morgan fingerprint density at radius 3 is 2.00 bits per heavy atom. The predicted octanol–water partition coefficient (Wildman–Crippen LogP) is 1.56. The highest BCUT2D eigenvalue weighted by Gasteiger charge is 2.12. The Hall–Kier alpha value is -0.300. The van der Waals surface area contributed by atoms with E-state index in [-0.39, 0.29) is 0 Å². The molecule has 0 saturated carbocycles. The number of hydrogen-bond donors (Lipinski definition) is 1. The fraction of sp³-hybridized carbons (Fsp3) is 0.750. The van der Waals surface area contributed by atoms with Gasteiger partial charge in [-0.3, -0.25) is 0 Å². The van der Waals surface area contributed by atoms with Crippen LogP contribution in [0.25, 0.3) is 0 Å². The van der Waals surface area contributed by atoms with Crippen LogP contribution in [0.5, 0.6) is 0 Å². The van der Waals surface area contributed by atoms with Crippen molar-refractivity contribution in [3.8, 4) is 0 Å². The van der Waals surface area contributed by atoms with E-state index in [0.717, 1.165) is 13.1 Å². The van der Waals surface area contributed by atoms with Gasteiger partial charge in [-0.2, -0.15) is 0 Å². The smallest absolute Gasteiger partial charge is 0.0180 e. The molecule has 1 fully saturated rings. The first-order chi connectivity index (χ1) is 4.08. The van der Waals surface area contributed by atoms with Gasteiger partial charge in [-0.05, 0) is 11.0 Å². The average Bonchev–Trinajstić information content (AvgIpc) is 1.53. The summed E-state index contributed by atoms with van der Waals surface area (Å²) in [5, 5.41) is 3.22. The summed E-state index contributed by atoms with van der Waals surface area (Å²) in [7, 11) is 0. The predicted molar refractivity (Wildman–Crippen MR) is 40.4 cm³/mol. The lowest BCUT2D eigenvalue weighted by Crippen LogP contribution is -2.34. The van der Waals surface area contributed by atoms with Crippen LogP contribution in [0.3, 0.4) is 0 Å². The molecule has 1 saturated heterocycles. The minimum Gasteiger partial charge on any atom is -0.309 e. The summed E-state index contributed by atoms with van der Waals surface area (Å²) < 4.78 is 0. The summed E-state index contributed by atoms with van der Waals surface area (Å²) in [5.74, 6) is 0. The van der Waals surface area contributed by atoms with Gasteiger partial charge in [0.15, 0.2) is 0 Å². The first kappa shape index (κ1) is 6.81. The minimum absolute atomic E-state index is 0.372. The SMILES string of the molecule is CC(C)(C)C=C1CNC1. The molecule has 0 bridgehead atoms.